The SMILES string of the molecule is COc1c(O)c(I)cc(C(C)(C)O)c1I. The molecule has 0 aliphatic heterocycles. The zero-order valence-corrected chi connectivity index (χ0v) is 13.0. The van der Waals surface area contributed by atoms with Gasteiger partial charge in [-0.25, -0.2) is 0 Å². The van der Waals surface area contributed by atoms with Crippen LogP contribution in [0.25, 0.3) is 0 Å². The number of aliphatic hydroxyl groups is 1. The molecule has 0 amide bonds. The molecule has 5 heteroatoms. The molecule has 0 saturated carbocycles. The summed E-state index contributed by atoms with van der Waals surface area (Å²) in [5, 5.41) is 19.7. The maximum atomic E-state index is 9.96. The van der Waals surface area contributed by atoms with E-state index in [0.717, 1.165) is 9.13 Å². The monoisotopic (exact) mass is 434 g/mol. The molecule has 0 fully saturated rings. The quantitative estimate of drug-likeness (QED) is 0.705. The molecule has 1 aromatic rings. The molecule has 1 aromatic carbocycles. The van der Waals surface area contributed by atoms with Crippen LogP contribution in [0, 0.1) is 7.14 Å². The molecule has 84 valence electrons. The Bertz CT molecular complexity index is 383. The third kappa shape index (κ3) is 2.68. The van der Waals surface area contributed by atoms with E-state index >= 15 is 0 Å². The number of halogens is 2. The molecule has 0 aromatic heterocycles. The van der Waals surface area contributed by atoms with Crippen LogP contribution in [0.4, 0.5) is 0 Å². The second-order valence-electron chi connectivity index (χ2n) is 3.66. The van der Waals surface area contributed by atoms with Gasteiger partial charge in [0.25, 0.3) is 0 Å². The van der Waals surface area contributed by atoms with Gasteiger partial charge in [-0.2, -0.15) is 0 Å². The number of aromatic hydroxyl groups is 1. The number of hydrogen-bond acceptors (Lipinski definition) is 3. The van der Waals surface area contributed by atoms with Gasteiger partial charge in [0.1, 0.15) is 0 Å². The highest BCUT2D eigenvalue weighted by Gasteiger charge is 2.25. The van der Waals surface area contributed by atoms with Crippen LogP contribution in [0.2, 0.25) is 0 Å². The van der Waals surface area contributed by atoms with E-state index in [1.54, 1.807) is 19.9 Å². The van der Waals surface area contributed by atoms with E-state index in [9.17, 15) is 10.2 Å². The average molecular weight is 434 g/mol. The van der Waals surface area contributed by atoms with Gasteiger partial charge in [-0.15, -0.1) is 0 Å². The predicted molar refractivity (Wildman–Crippen MR) is 75.3 cm³/mol. The number of ether oxygens (including phenoxy) is 1. The molecule has 0 radical (unpaired) electrons. The minimum atomic E-state index is -0.947. The number of phenolic OH excluding ortho intramolecular Hbond substituents is 1. The number of hydrogen-bond donors (Lipinski definition) is 2. The third-order valence-corrected chi connectivity index (χ3v) is 3.90. The highest BCUT2D eigenvalue weighted by Crippen LogP contribution is 2.41. The van der Waals surface area contributed by atoms with Gasteiger partial charge in [0.15, 0.2) is 11.5 Å². The first-order valence-corrected chi connectivity index (χ1v) is 6.42. The van der Waals surface area contributed by atoms with Crippen molar-refractivity contribution in [3.63, 3.8) is 0 Å². The molecule has 0 spiro atoms. The van der Waals surface area contributed by atoms with Crippen molar-refractivity contribution in [2.75, 3.05) is 7.11 Å². The molecule has 0 aliphatic carbocycles. The second kappa shape index (κ2) is 4.62. The van der Waals surface area contributed by atoms with Crippen molar-refractivity contribution in [3.05, 3.63) is 18.8 Å². The van der Waals surface area contributed by atoms with E-state index in [1.165, 1.54) is 7.11 Å². The fourth-order valence-electron chi connectivity index (χ4n) is 1.22. The molecule has 1 rings (SSSR count). The van der Waals surface area contributed by atoms with E-state index < -0.39 is 5.60 Å². The van der Waals surface area contributed by atoms with Crippen LogP contribution in [0.3, 0.4) is 0 Å². The third-order valence-electron chi connectivity index (χ3n) is 2.01. The molecule has 0 aliphatic rings. The summed E-state index contributed by atoms with van der Waals surface area (Å²) in [5.41, 5.74) is -0.195. The first-order valence-electron chi connectivity index (χ1n) is 4.26. The molecule has 0 heterocycles. The minimum absolute atomic E-state index is 0.121. The normalized spacial score (nSPS) is 11.6. The maximum absolute atomic E-state index is 9.96. The van der Waals surface area contributed by atoms with E-state index in [2.05, 4.69) is 22.6 Å². The number of benzene rings is 1. The highest BCUT2D eigenvalue weighted by molar-refractivity contribution is 14.1. The van der Waals surface area contributed by atoms with Gasteiger partial charge in [-0.3, -0.25) is 0 Å². The second-order valence-corrected chi connectivity index (χ2v) is 5.90. The van der Waals surface area contributed by atoms with Crippen LogP contribution in [0.1, 0.15) is 19.4 Å². The molecule has 0 bridgehead atoms. The Hall–Kier alpha value is 0.240. The summed E-state index contributed by atoms with van der Waals surface area (Å²) in [6.07, 6.45) is 0. The Balaban J connectivity index is 3.51. The number of methoxy groups -OCH3 is 1. The summed E-state index contributed by atoms with van der Waals surface area (Å²) in [6.45, 7) is 3.41. The molecule has 0 unspecified atom stereocenters. The lowest BCUT2D eigenvalue weighted by Gasteiger charge is -2.22. The zero-order chi connectivity index (χ0) is 11.8. The number of rotatable bonds is 2. The molecule has 0 saturated heterocycles. The largest absolute Gasteiger partial charge is 0.503 e. The number of phenols is 1. The zero-order valence-electron chi connectivity index (χ0n) is 8.64. The molecule has 15 heavy (non-hydrogen) atoms. The van der Waals surface area contributed by atoms with Crippen molar-refractivity contribution in [1.82, 2.24) is 0 Å². The molecular formula is C10H12I2O3. The van der Waals surface area contributed by atoms with Gasteiger partial charge in [-0.1, -0.05) is 0 Å². The molecule has 3 nitrogen and oxygen atoms in total. The topological polar surface area (TPSA) is 49.7 Å². The van der Waals surface area contributed by atoms with Crippen LogP contribution in [0.5, 0.6) is 11.5 Å². The van der Waals surface area contributed by atoms with Gasteiger partial charge < -0.3 is 14.9 Å². The van der Waals surface area contributed by atoms with Gasteiger partial charge >= 0.3 is 0 Å². The Morgan fingerprint density at radius 1 is 1.33 bits per heavy atom. The van der Waals surface area contributed by atoms with Gasteiger partial charge in [0, 0.05) is 5.56 Å². The molecule has 0 atom stereocenters. The summed E-state index contributed by atoms with van der Waals surface area (Å²) < 4.78 is 6.52. The first kappa shape index (κ1) is 13.3. The lowest BCUT2D eigenvalue weighted by Crippen LogP contribution is -2.18. The van der Waals surface area contributed by atoms with Crippen LogP contribution in [-0.2, 0) is 5.60 Å². The van der Waals surface area contributed by atoms with Crippen molar-refractivity contribution in [2.45, 2.75) is 19.4 Å². The van der Waals surface area contributed by atoms with Crippen LogP contribution in [0.15, 0.2) is 6.07 Å². The van der Waals surface area contributed by atoms with E-state index in [-0.39, 0.29) is 5.75 Å². The van der Waals surface area contributed by atoms with Crippen molar-refractivity contribution in [2.24, 2.45) is 0 Å². The van der Waals surface area contributed by atoms with Crippen LogP contribution >= 0.6 is 45.2 Å². The van der Waals surface area contributed by atoms with Gasteiger partial charge in [0.05, 0.1) is 19.9 Å². The summed E-state index contributed by atoms with van der Waals surface area (Å²) >= 11 is 4.07. The van der Waals surface area contributed by atoms with Crippen molar-refractivity contribution in [3.8, 4) is 11.5 Å². The molecule has 2 N–H and O–H groups in total. The lowest BCUT2D eigenvalue weighted by atomic mass is 9.98. The lowest BCUT2D eigenvalue weighted by molar-refractivity contribution is 0.0772. The maximum Gasteiger partial charge on any atom is 0.175 e. The van der Waals surface area contributed by atoms with E-state index in [4.69, 9.17) is 4.74 Å². The fourth-order valence-corrected chi connectivity index (χ4v) is 3.07. The minimum Gasteiger partial charge on any atom is -0.503 e. The van der Waals surface area contributed by atoms with Crippen molar-refractivity contribution < 1.29 is 14.9 Å². The smallest absolute Gasteiger partial charge is 0.175 e. The summed E-state index contributed by atoms with van der Waals surface area (Å²) in [7, 11) is 1.50. The van der Waals surface area contributed by atoms with E-state index in [1.807, 2.05) is 22.6 Å². The standard InChI is InChI=1S/C10H12I2O3/c1-10(2,14)5-4-6(11)8(13)9(15-3)7(5)12/h4,13-14H,1-3H3. The highest BCUT2D eigenvalue weighted by atomic mass is 127. The van der Waals surface area contributed by atoms with Gasteiger partial charge in [-0.05, 0) is 65.1 Å². The Labute approximate surface area is 116 Å². The van der Waals surface area contributed by atoms with Crippen LogP contribution < -0.4 is 4.74 Å². The summed E-state index contributed by atoms with van der Waals surface area (Å²) in [4.78, 5) is 0. The van der Waals surface area contributed by atoms with Crippen molar-refractivity contribution in [1.29, 1.82) is 0 Å². The van der Waals surface area contributed by atoms with E-state index in [0.29, 0.717) is 9.32 Å². The average Bonchev–Trinajstić information content (AvgIpc) is 2.10. The fraction of sp³-hybridized carbons (Fsp3) is 0.400. The van der Waals surface area contributed by atoms with Gasteiger partial charge in [0.2, 0.25) is 0 Å². The first-order chi connectivity index (χ1) is 6.79. The Kier molecular flexibility index (Phi) is 4.10. The van der Waals surface area contributed by atoms with Crippen LogP contribution in [-0.4, -0.2) is 17.3 Å². The summed E-state index contributed by atoms with van der Waals surface area (Å²) in [6, 6.07) is 1.76. The van der Waals surface area contributed by atoms with Crippen molar-refractivity contribution >= 4 is 45.2 Å². The molecular weight excluding hydrogens is 422 g/mol. The summed E-state index contributed by atoms with van der Waals surface area (Å²) in [5.74, 6) is 0.537. The Morgan fingerprint density at radius 2 is 1.87 bits per heavy atom. The predicted octanol–water partition coefficient (Wildman–Crippen LogP) is 2.84. The Morgan fingerprint density at radius 3 is 2.27 bits per heavy atom.